The van der Waals surface area contributed by atoms with Crippen molar-refractivity contribution in [2.75, 3.05) is 32.1 Å². The van der Waals surface area contributed by atoms with Crippen molar-refractivity contribution in [1.82, 2.24) is 15.5 Å². The molecule has 1 saturated carbocycles. The van der Waals surface area contributed by atoms with E-state index in [1.165, 1.54) is 32.1 Å². The van der Waals surface area contributed by atoms with Gasteiger partial charge in [0.15, 0.2) is 0 Å². The SMILES string of the molecule is CCNC(=O)Nc1ccc2c(c1)C(=O)N(C)[C@@H]1CC[C@@H](CC(=O)NCC3CCCCC3)O[C@@H]1CO2. The highest BCUT2D eigenvalue weighted by atomic mass is 16.5. The Morgan fingerprint density at radius 1 is 1.09 bits per heavy atom. The summed E-state index contributed by atoms with van der Waals surface area (Å²) >= 11 is 0. The molecule has 1 saturated heterocycles. The molecule has 9 nitrogen and oxygen atoms in total. The molecule has 2 heterocycles. The molecule has 2 aliphatic heterocycles. The predicted octanol–water partition coefficient (Wildman–Crippen LogP) is 3.30. The van der Waals surface area contributed by atoms with Crippen molar-refractivity contribution < 1.29 is 23.9 Å². The molecular formula is C26H38N4O5. The van der Waals surface area contributed by atoms with Crippen LogP contribution in [0.4, 0.5) is 10.5 Å². The molecule has 35 heavy (non-hydrogen) atoms. The first kappa shape index (κ1) is 25.3. The Morgan fingerprint density at radius 2 is 1.89 bits per heavy atom. The number of urea groups is 1. The molecule has 0 unspecified atom stereocenters. The standard InChI is InChI=1S/C26H38N4O5/c1-3-27-26(33)29-18-9-12-22-20(13-18)25(32)30(2)21-11-10-19(35-23(21)16-34-22)14-24(31)28-15-17-7-5-4-6-8-17/h9,12-13,17,19,21,23H,3-8,10-11,14-16H2,1-2H3,(H,28,31)(H2,27,29,33)/t19-,21+,23+/m0/s1. The molecule has 0 bridgehead atoms. The molecule has 3 atom stereocenters. The summed E-state index contributed by atoms with van der Waals surface area (Å²) in [5.41, 5.74) is 0.931. The number of amides is 4. The average molecular weight is 487 g/mol. The summed E-state index contributed by atoms with van der Waals surface area (Å²) in [7, 11) is 1.78. The van der Waals surface area contributed by atoms with Gasteiger partial charge in [-0.15, -0.1) is 0 Å². The third-order valence-corrected chi connectivity index (χ3v) is 7.33. The third-order valence-electron chi connectivity index (χ3n) is 7.33. The van der Waals surface area contributed by atoms with Crippen LogP contribution in [0.5, 0.6) is 5.75 Å². The van der Waals surface area contributed by atoms with Crippen LogP contribution in [-0.2, 0) is 9.53 Å². The summed E-state index contributed by atoms with van der Waals surface area (Å²) in [6.07, 6.45) is 7.52. The van der Waals surface area contributed by atoms with Gasteiger partial charge in [-0.3, -0.25) is 9.59 Å². The van der Waals surface area contributed by atoms with Gasteiger partial charge in [0.1, 0.15) is 18.5 Å². The van der Waals surface area contributed by atoms with Gasteiger partial charge in [0.05, 0.1) is 24.1 Å². The van der Waals surface area contributed by atoms with Crippen molar-refractivity contribution in [3.05, 3.63) is 23.8 Å². The normalized spacial score (nSPS) is 24.8. The van der Waals surface area contributed by atoms with E-state index in [1.807, 2.05) is 6.92 Å². The number of nitrogens with zero attached hydrogens (tertiary/aromatic N) is 1. The summed E-state index contributed by atoms with van der Waals surface area (Å²) in [6.45, 7) is 3.39. The third kappa shape index (κ3) is 6.45. The Bertz CT molecular complexity index is 917. The molecule has 3 N–H and O–H groups in total. The molecular weight excluding hydrogens is 448 g/mol. The lowest BCUT2D eigenvalue weighted by atomic mass is 9.89. The van der Waals surface area contributed by atoms with Crippen LogP contribution in [0, 0.1) is 5.92 Å². The van der Waals surface area contributed by atoms with E-state index in [0.717, 1.165) is 13.0 Å². The summed E-state index contributed by atoms with van der Waals surface area (Å²) in [5.74, 6) is 0.909. The molecule has 9 heteroatoms. The lowest BCUT2D eigenvalue weighted by Crippen LogP contribution is -2.54. The number of nitrogens with one attached hydrogen (secondary N) is 3. The predicted molar refractivity (Wildman–Crippen MR) is 133 cm³/mol. The van der Waals surface area contributed by atoms with Crippen LogP contribution in [0.25, 0.3) is 0 Å². The van der Waals surface area contributed by atoms with Crippen molar-refractivity contribution in [2.24, 2.45) is 5.92 Å². The lowest BCUT2D eigenvalue weighted by Gasteiger charge is -2.42. The molecule has 1 aromatic carbocycles. The van der Waals surface area contributed by atoms with E-state index in [0.29, 0.717) is 48.9 Å². The van der Waals surface area contributed by atoms with Gasteiger partial charge in [-0.25, -0.2) is 4.79 Å². The molecule has 192 valence electrons. The van der Waals surface area contributed by atoms with Crippen LogP contribution in [0.2, 0.25) is 0 Å². The summed E-state index contributed by atoms with van der Waals surface area (Å²) in [4.78, 5) is 39.4. The number of ether oxygens (including phenoxy) is 2. The van der Waals surface area contributed by atoms with Crippen LogP contribution < -0.4 is 20.7 Å². The van der Waals surface area contributed by atoms with E-state index in [9.17, 15) is 14.4 Å². The molecule has 1 aromatic rings. The second-order valence-electron chi connectivity index (χ2n) is 9.88. The van der Waals surface area contributed by atoms with Crippen molar-refractivity contribution >= 4 is 23.5 Å². The monoisotopic (exact) mass is 486 g/mol. The van der Waals surface area contributed by atoms with Gasteiger partial charge < -0.3 is 30.3 Å². The first-order valence-corrected chi connectivity index (χ1v) is 13.0. The minimum Gasteiger partial charge on any atom is -0.490 e. The van der Waals surface area contributed by atoms with Gasteiger partial charge in [-0.05, 0) is 56.7 Å². The van der Waals surface area contributed by atoms with Gasteiger partial charge in [-0.1, -0.05) is 19.3 Å². The van der Waals surface area contributed by atoms with Crippen LogP contribution in [-0.4, -0.2) is 67.7 Å². The van der Waals surface area contributed by atoms with E-state index >= 15 is 0 Å². The van der Waals surface area contributed by atoms with E-state index in [1.54, 1.807) is 30.1 Å². The van der Waals surface area contributed by atoms with E-state index in [2.05, 4.69) is 16.0 Å². The van der Waals surface area contributed by atoms with Gasteiger partial charge in [0, 0.05) is 25.8 Å². The largest absolute Gasteiger partial charge is 0.490 e. The highest BCUT2D eigenvalue weighted by molar-refractivity contribution is 5.99. The highest BCUT2D eigenvalue weighted by Crippen LogP contribution is 2.32. The minimum absolute atomic E-state index is 0.0349. The van der Waals surface area contributed by atoms with Gasteiger partial charge in [-0.2, -0.15) is 0 Å². The lowest BCUT2D eigenvalue weighted by molar-refractivity contribution is -0.134. The highest BCUT2D eigenvalue weighted by Gasteiger charge is 2.39. The Labute approximate surface area is 207 Å². The van der Waals surface area contributed by atoms with Crippen LogP contribution in [0.3, 0.4) is 0 Å². The quantitative estimate of drug-likeness (QED) is 0.572. The number of hydrogen-bond donors (Lipinski definition) is 3. The van der Waals surface area contributed by atoms with Crippen molar-refractivity contribution in [2.45, 2.75) is 76.5 Å². The number of hydrogen-bond acceptors (Lipinski definition) is 5. The van der Waals surface area contributed by atoms with Crippen molar-refractivity contribution in [3.8, 4) is 5.75 Å². The minimum atomic E-state index is -0.324. The smallest absolute Gasteiger partial charge is 0.319 e. The Morgan fingerprint density at radius 3 is 2.66 bits per heavy atom. The molecule has 0 aromatic heterocycles. The zero-order valence-electron chi connectivity index (χ0n) is 20.8. The van der Waals surface area contributed by atoms with Crippen molar-refractivity contribution in [1.29, 1.82) is 0 Å². The fourth-order valence-corrected chi connectivity index (χ4v) is 5.37. The zero-order chi connectivity index (χ0) is 24.8. The Balaban J connectivity index is 1.35. The summed E-state index contributed by atoms with van der Waals surface area (Å²) in [6, 6.07) is 4.59. The first-order valence-electron chi connectivity index (χ1n) is 13.0. The van der Waals surface area contributed by atoms with Gasteiger partial charge in [0.25, 0.3) is 5.91 Å². The molecule has 3 aliphatic rings. The Kier molecular flexibility index (Phi) is 8.49. The average Bonchev–Trinajstić information content (AvgIpc) is 2.86. The zero-order valence-corrected chi connectivity index (χ0v) is 20.8. The van der Waals surface area contributed by atoms with Gasteiger partial charge >= 0.3 is 6.03 Å². The fraction of sp³-hybridized carbons (Fsp3) is 0.654. The number of likely N-dealkylation sites (N-methyl/N-ethyl adjacent to an activating group) is 1. The molecule has 2 fully saturated rings. The molecule has 4 rings (SSSR count). The second kappa shape index (κ2) is 11.7. The molecule has 0 radical (unpaired) electrons. The number of rotatable bonds is 6. The molecule has 0 spiro atoms. The topological polar surface area (TPSA) is 109 Å². The second-order valence-corrected chi connectivity index (χ2v) is 9.88. The van der Waals surface area contributed by atoms with Crippen LogP contribution in [0.1, 0.15) is 68.6 Å². The molecule has 4 amide bonds. The van der Waals surface area contributed by atoms with Gasteiger partial charge in [0.2, 0.25) is 5.91 Å². The number of carbonyl (C=O) groups is 3. The number of fused-ring (bicyclic) bond motifs is 2. The summed E-state index contributed by atoms with van der Waals surface area (Å²) < 4.78 is 12.3. The maximum Gasteiger partial charge on any atom is 0.319 e. The fourth-order valence-electron chi connectivity index (χ4n) is 5.37. The van der Waals surface area contributed by atoms with E-state index in [4.69, 9.17) is 9.47 Å². The van der Waals surface area contributed by atoms with Crippen LogP contribution in [0.15, 0.2) is 18.2 Å². The number of carbonyl (C=O) groups excluding carboxylic acids is 3. The maximum absolute atomic E-state index is 13.3. The van der Waals surface area contributed by atoms with E-state index in [-0.39, 0.29) is 36.1 Å². The first-order chi connectivity index (χ1) is 16.9. The van der Waals surface area contributed by atoms with Crippen molar-refractivity contribution in [3.63, 3.8) is 0 Å². The summed E-state index contributed by atoms with van der Waals surface area (Å²) in [5, 5.41) is 8.51. The Hall–Kier alpha value is -2.81. The maximum atomic E-state index is 13.3. The van der Waals surface area contributed by atoms with E-state index < -0.39 is 0 Å². The number of benzene rings is 1. The van der Waals surface area contributed by atoms with Crippen LogP contribution >= 0.6 is 0 Å². The number of anilines is 1. The molecule has 1 aliphatic carbocycles.